The van der Waals surface area contributed by atoms with E-state index in [1.54, 1.807) is 14.1 Å². The Labute approximate surface area is 308 Å². The molecule has 0 unspecified atom stereocenters. The maximum absolute atomic E-state index is 12.8. The average molecular weight is 687 g/mol. The van der Waals surface area contributed by atoms with E-state index in [4.69, 9.17) is 0 Å². The predicted octanol–water partition coefficient (Wildman–Crippen LogP) is 15.3. The molecule has 0 aliphatic rings. The van der Waals surface area contributed by atoms with Crippen molar-refractivity contribution in [2.45, 2.75) is 245 Å². The van der Waals surface area contributed by atoms with Gasteiger partial charge in [-0.3, -0.25) is 0 Å². The summed E-state index contributed by atoms with van der Waals surface area (Å²) in [7, 11) is 3.61. The molecule has 0 fully saturated rings. The van der Waals surface area contributed by atoms with E-state index < -0.39 is 0 Å². The van der Waals surface area contributed by atoms with Gasteiger partial charge in [0, 0.05) is 0 Å². The first kappa shape index (κ1) is 47.8. The Hall–Kier alpha value is -1.22. The quantitative estimate of drug-likeness (QED) is 0.0368. The minimum Gasteiger partial charge on any atom is -0.230 e. The van der Waals surface area contributed by atoms with Gasteiger partial charge in [0.15, 0.2) is 0 Å². The van der Waals surface area contributed by atoms with E-state index in [-0.39, 0.29) is 16.3 Å². The summed E-state index contributed by atoms with van der Waals surface area (Å²) in [4.78, 5) is 25.7. The van der Waals surface area contributed by atoms with Crippen molar-refractivity contribution in [3.05, 3.63) is 24.3 Å². The summed E-state index contributed by atoms with van der Waals surface area (Å²) >= 11 is 0. The number of nitrogens with zero attached hydrogens (tertiary/aromatic N) is 1. The molecule has 3 heteroatoms. The van der Waals surface area contributed by atoms with Crippen LogP contribution in [0.25, 0.3) is 0 Å². The topological polar surface area (TPSA) is 34.1 Å². The summed E-state index contributed by atoms with van der Waals surface area (Å²) in [6, 6.07) is 0. The average Bonchev–Trinajstić information content (AvgIpc) is 3.10. The number of carbonyl (C=O) groups excluding carboxylic acids is 2. The van der Waals surface area contributed by atoms with E-state index in [9.17, 15) is 9.59 Å². The van der Waals surface area contributed by atoms with Crippen LogP contribution in [0.3, 0.4) is 0 Å². The van der Waals surface area contributed by atoms with Gasteiger partial charge >= 0.3 is 11.8 Å². The van der Waals surface area contributed by atoms with Gasteiger partial charge in [0.25, 0.3) is 0 Å². The van der Waals surface area contributed by atoms with Gasteiger partial charge in [-0.2, -0.15) is 0 Å². The number of quaternary nitrogens is 1. The molecule has 0 radical (unpaired) electrons. The van der Waals surface area contributed by atoms with E-state index in [1.165, 1.54) is 193 Å². The van der Waals surface area contributed by atoms with Crippen molar-refractivity contribution in [2.75, 3.05) is 14.1 Å². The van der Waals surface area contributed by atoms with Crippen LogP contribution < -0.4 is 0 Å². The molecule has 0 saturated heterocycles. The molecule has 0 saturated carbocycles. The molecule has 3 nitrogen and oxygen atoms in total. The summed E-state index contributed by atoms with van der Waals surface area (Å²) in [5.41, 5.74) is 0. The standard InChI is InChI=1S/C46H88NO2/c1-5-7-9-11-13-15-17-19-21-23-25-27-29-31-33-35-37-39-41-43-45(48)47(3,4)46(49)44-42-40-38-36-34-32-30-28-26-24-22-20-18-16-14-12-10-8-6-2/h19-22H,5-18,23-44H2,1-4H3/q+1. The molecular weight excluding hydrogens is 599 g/mol. The fourth-order valence-corrected chi connectivity index (χ4v) is 6.81. The number of allylic oxidation sites excluding steroid dienone is 4. The van der Waals surface area contributed by atoms with Crippen LogP contribution in [0.5, 0.6) is 0 Å². The number of amides is 2. The van der Waals surface area contributed by atoms with Crippen LogP contribution in [0.1, 0.15) is 245 Å². The number of hydrogen-bond acceptors (Lipinski definition) is 2. The highest BCUT2D eigenvalue weighted by molar-refractivity contribution is 5.84. The van der Waals surface area contributed by atoms with Crippen molar-refractivity contribution in [3.8, 4) is 0 Å². The Morgan fingerprint density at radius 1 is 0.327 bits per heavy atom. The Kier molecular flexibility index (Phi) is 37.1. The molecule has 2 amide bonds. The van der Waals surface area contributed by atoms with Crippen LogP contribution in [0.4, 0.5) is 0 Å². The highest BCUT2D eigenvalue weighted by atomic mass is 16.2. The molecule has 0 bridgehead atoms. The molecule has 0 atom stereocenters. The fraction of sp³-hybridized carbons (Fsp3) is 0.870. The van der Waals surface area contributed by atoms with Gasteiger partial charge in [0.2, 0.25) is 0 Å². The molecule has 49 heavy (non-hydrogen) atoms. The number of unbranched alkanes of at least 4 members (excludes halogenated alkanes) is 30. The highest BCUT2D eigenvalue weighted by Gasteiger charge is 2.33. The van der Waals surface area contributed by atoms with Gasteiger partial charge < -0.3 is 0 Å². The predicted molar refractivity (Wildman–Crippen MR) is 218 cm³/mol. The van der Waals surface area contributed by atoms with Gasteiger partial charge in [-0.15, -0.1) is 0 Å². The molecule has 0 aromatic heterocycles. The number of carbonyl (C=O) groups is 2. The van der Waals surface area contributed by atoms with Crippen LogP contribution in [0.2, 0.25) is 0 Å². The first-order chi connectivity index (χ1) is 24.0. The van der Waals surface area contributed by atoms with Crippen LogP contribution >= 0.6 is 0 Å². The summed E-state index contributed by atoms with van der Waals surface area (Å²) in [6.45, 7) is 4.56. The smallest absolute Gasteiger partial charge is 0.230 e. The van der Waals surface area contributed by atoms with Crippen LogP contribution in [-0.4, -0.2) is 30.4 Å². The van der Waals surface area contributed by atoms with Crippen molar-refractivity contribution in [3.63, 3.8) is 0 Å². The Morgan fingerprint density at radius 3 is 0.776 bits per heavy atom. The molecule has 0 spiro atoms. The van der Waals surface area contributed by atoms with Crippen molar-refractivity contribution in [1.29, 1.82) is 0 Å². The Balaban J connectivity index is 3.54. The molecule has 0 aliphatic heterocycles. The van der Waals surface area contributed by atoms with Gasteiger partial charge in [0.05, 0.1) is 26.9 Å². The normalized spacial score (nSPS) is 12.2. The largest absolute Gasteiger partial charge is 0.320 e. The highest BCUT2D eigenvalue weighted by Crippen LogP contribution is 2.17. The van der Waals surface area contributed by atoms with Crippen LogP contribution in [-0.2, 0) is 9.59 Å². The zero-order valence-electron chi connectivity index (χ0n) is 34.0. The van der Waals surface area contributed by atoms with E-state index >= 15 is 0 Å². The first-order valence-electron chi connectivity index (χ1n) is 22.2. The molecular formula is C46H88NO2+. The van der Waals surface area contributed by atoms with Crippen molar-refractivity contribution < 1.29 is 14.1 Å². The lowest BCUT2D eigenvalue weighted by Gasteiger charge is -2.24. The third-order valence-electron chi connectivity index (χ3n) is 10.6. The van der Waals surface area contributed by atoms with Gasteiger partial charge in [-0.05, 0) is 64.2 Å². The molecule has 0 N–H and O–H groups in total. The van der Waals surface area contributed by atoms with E-state index in [0.717, 1.165) is 25.7 Å². The summed E-state index contributed by atoms with van der Waals surface area (Å²) in [5, 5.41) is 0. The zero-order valence-corrected chi connectivity index (χ0v) is 34.0. The lowest BCUT2D eigenvalue weighted by molar-refractivity contribution is -0.736. The SMILES string of the molecule is CCCCCCCCC=CCCCCCCCCCCCC(=O)[N+](C)(C)C(=O)CCCCCCCCCCCC=CCCCCCCCC. The van der Waals surface area contributed by atoms with E-state index in [0.29, 0.717) is 12.8 Å². The van der Waals surface area contributed by atoms with Gasteiger partial charge in [-0.1, -0.05) is 192 Å². The maximum atomic E-state index is 12.8. The molecule has 0 aromatic rings. The van der Waals surface area contributed by atoms with Crippen LogP contribution in [0, 0.1) is 0 Å². The molecule has 0 heterocycles. The maximum Gasteiger partial charge on any atom is 0.320 e. The minimum atomic E-state index is -0.0670. The molecule has 288 valence electrons. The second-order valence-electron chi connectivity index (χ2n) is 15.7. The van der Waals surface area contributed by atoms with Crippen molar-refractivity contribution in [2.24, 2.45) is 0 Å². The van der Waals surface area contributed by atoms with Crippen molar-refractivity contribution in [1.82, 2.24) is 0 Å². The number of rotatable bonds is 38. The summed E-state index contributed by atoms with van der Waals surface area (Å²) < 4.78 is -0.0670. The summed E-state index contributed by atoms with van der Waals surface area (Å²) in [5.74, 6) is 0.193. The second kappa shape index (κ2) is 38.0. The lowest BCUT2D eigenvalue weighted by atomic mass is 10.0. The number of imide groups is 1. The monoisotopic (exact) mass is 687 g/mol. The second-order valence-corrected chi connectivity index (χ2v) is 15.7. The number of hydrogen-bond donors (Lipinski definition) is 0. The minimum absolute atomic E-state index is 0.0670. The molecule has 0 aromatic carbocycles. The lowest BCUT2D eigenvalue weighted by Crippen LogP contribution is -2.50. The third-order valence-corrected chi connectivity index (χ3v) is 10.6. The zero-order chi connectivity index (χ0) is 35.9. The van der Waals surface area contributed by atoms with E-state index in [2.05, 4.69) is 38.2 Å². The first-order valence-corrected chi connectivity index (χ1v) is 22.2. The Bertz CT molecular complexity index is 705. The fourth-order valence-electron chi connectivity index (χ4n) is 6.81. The van der Waals surface area contributed by atoms with E-state index in [1.807, 2.05) is 0 Å². The van der Waals surface area contributed by atoms with Crippen molar-refractivity contribution >= 4 is 11.8 Å². The van der Waals surface area contributed by atoms with Gasteiger partial charge in [0.1, 0.15) is 0 Å². The van der Waals surface area contributed by atoms with Crippen LogP contribution in [0.15, 0.2) is 24.3 Å². The van der Waals surface area contributed by atoms with Gasteiger partial charge in [-0.25, -0.2) is 14.1 Å². The Morgan fingerprint density at radius 2 is 0.531 bits per heavy atom. The molecule has 0 rings (SSSR count). The summed E-state index contributed by atoms with van der Waals surface area (Å²) in [6.07, 6.45) is 54.9. The third kappa shape index (κ3) is 33.7. The molecule has 0 aliphatic carbocycles.